The lowest BCUT2D eigenvalue weighted by atomic mass is 9.84. The Hall–Kier alpha value is -1.77. The van der Waals surface area contributed by atoms with Gasteiger partial charge in [-0.3, -0.25) is 4.79 Å². The van der Waals surface area contributed by atoms with E-state index in [-0.39, 0.29) is 11.9 Å². The van der Waals surface area contributed by atoms with Crippen LogP contribution in [0.1, 0.15) is 68.4 Å². The van der Waals surface area contributed by atoms with Crippen molar-refractivity contribution in [2.45, 2.75) is 71.9 Å². The molecule has 2 aromatic rings. The van der Waals surface area contributed by atoms with Crippen molar-refractivity contribution in [3.8, 4) is 0 Å². The van der Waals surface area contributed by atoms with Crippen LogP contribution in [0.2, 0.25) is 0 Å². The van der Waals surface area contributed by atoms with Crippen molar-refractivity contribution >= 4 is 16.8 Å². The van der Waals surface area contributed by atoms with Crippen molar-refractivity contribution < 1.29 is 4.79 Å². The van der Waals surface area contributed by atoms with Gasteiger partial charge < -0.3 is 9.88 Å². The lowest BCUT2D eigenvalue weighted by Crippen LogP contribution is -2.41. The van der Waals surface area contributed by atoms with Gasteiger partial charge in [0.15, 0.2) is 0 Å². The third-order valence-corrected chi connectivity index (χ3v) is 6.97. The number of hydrogen-bond donors (Lipinski definition) is 1. The molecule has 2 aliphatic carbocycles. The molecule has 2 aliphatic rings. The molecule has 1 aromatic heterocycles. The quantitative estimate of drug-likeness (QED) is 0.751. The molecule has 1 N–H and O–H groups in total. The molecule has 1 amide bonds. The van der Waals surface area contributed by atoms with Gasteiger partial charge >= 0.3 is 0 Å². The second-order valence-corrected chi connectivity index (χ2v) is 8.60. The van der Waals surface area contributed by atoms with Gasteiger partial charge in [-0.15, -0.1) is 0 Å². The van der Waals surface area contributed by atoms with Crippen LogP contribution in [0.3, 0.4) is 0 Å². The summed E-state index contributed by atoms with van der Waals surface area (Å²) in [6.45, 7) is 7.44. The number of nitrogens with one attached hydrogen (secondary N) is 1. The minimum Gasteiger partial charge on any atom is -0.348 e. The third kappa shape index (κ3) is 2.95. The predicted octanol–water partition coefficient (Wildman–Crippen LogP) is 5.30. The Bertz CT molecular complexity index is 806. The van der Waals surface area contributed by atoms with E-state index < -0.39 is 0 Å². The number of fused-ring (bicyclic) bond motifs is 3. The van der Waals surface area contributed by atoms with Crippen LogP contribution >= 0.6 is 0 Å². The van der Waals surface area contributed by atoms with Crippen LogP contribution in [0.4, 0.5) is 0 Å². The average molecular weight is 353 g/mol. The molecular weight excluding hydrogens is 320 g/mol. The highest BCUT2D eigenvalue weighted by molar-refractivity contribution is 6.01. The number of carbonyl (C=O) groups excluding carboxylic acids is 1. The van der Waals surface area contributed by atoms with Crippen molar-refractivity contribution in [2.75, 3.05) is 0 Å². The predicted molar refractivity (Wildman–Crippen MR) is 107 cm³/mol. The second-order valence-electron chi connectivity index (χ2n) is 8.60. The summed E-state index contributed by atoms with van der Waals surface area (Å²) in [5.74, 6) is 2.54. The van der Waals surface area contributed by atoms with Crippen molar-refractivity contribution in [1.29, 1.82) is 0 Å². The summed E-state index contributed by atoms with van der Waals surface area (Å²) in [5, 5.41) is 4.59. The first-order chi connectivity index (χ1) is 12.6. The van der Waals surface area contributed by atoms with Gasteiger partial charge in [0.1, 0.15) is 5.69 Å². The normalized spacial score (nSPS) is 25.7. The minimum absolute atomic E-state index is 0.116. The Morgan fingerprint density at radius 2 is 2.08 bits per heavy atom. The summed E-state index contributed by atoms with van der Waals surface area (Å²) in [4.78, 5) is 13.3. The highest BCUT2D eigenvalue weighted by Gasteiger charge is 2.42. The average Bonchev–Trinajstić information content (AvgIpc) is 3.34. The Kier molecular flexibility index (Phi) is 4.81. The molecule has 0 aliphatic heterocycles. The van der Waals surface area contributed by atoms with E-state index in [9.17, 15) is 4.79 Å². The maximum atomic E-state index is 13.3. The van der Waals surface area contributed by atoms with Crippen LogP contribution in [-0.4, -0.2) is 16.5 Å². The van der Waals surface area contributed by atoms with Gasteiger partial charge in [-0.2, -0.15) is 0 Å². The fraction of sp³-hybridized carbons (Fsp3) is 0.609. The van der Waals surface area contributed by atoms with Gasteiger partial charge in [-0.1, -0.05) is 38.0 Å². The molecular formula is C23H32N2O. The number of benzene rings is 1. The Morgan fingerprint density at radius 3 is 2.77 bits per heavy atom. The van der Waals surface area contributed by atoms with E-state index in [1.54, 1.807) is 0 Å². The third-order valence-electron chi connectivity index (χ3n) is 6.97. The second kappa shape index (κ2) is 7.09. The van der Waals surface area contributed by atoms with Gasteiger partial charge in [0.25, 0.3) is 5.91 Å². The molecule has 140 valence electrons. The summed E-state index contributed by atoms with van der Waals surface area (Å²) in [6, 6.07) is 8.70. The van der Waals surface area contributed by atoms with Crippen molar-refractivity contribution in [3.05, 3.63) is 35.5 Å². The Morgan fingerprint density at radius 1 is 1.27 bits per heavy atom. The largest absolute Gasteiger partial charge is 0.348 e. The maximum absolute atomic E-state index is 13.3. The van der Waals surface area contributed by atoms with Gasteiger partial charge in [0.2, 0.25) is 0 Å². The molecule has 4 unspecified atom stereocenters. The first-order valence-corrected chi connectivity index (χ1v) is 10.5. The van der Waals surface area contributed by atoms with E-state index in [1.807, 2.05) is 0 Å². The molecule has 2 fully saturated rings. The smallest absolute Gasteiger partial charge is 0.268 e. The summed E-state index contributed by atoms with van der Waals surface area (Å²) >= 11 is 0. The summed E-state index contributed by atoms with van der Waals surface area (Å²) in [7, 11) is 0. The van der Waals surface area contributed by atoms with Crippen LogP contribution in [0.25, 0.3) is 10.9 Å². The van der Waals surface area contributed by atoms with Gasteiger partial charge in [0.05, 0.1) is 0 Å². The highest BCUT2D eigenvalue weighted by Crippen LogP contribution is 2.49. The minimum atomic E-state index is 0.116. The number of rotatable bonds is 6. The molecule has 1 aromatic carbocycles. The molecule has 1 heterocycles. The number of hydrogen-bond acceptors (Lipinski definition) is 1. The highest BCUT2D eigenvalue weighted by atomic mass is 16.2. The van der Waals surface area contributed by atoms with Gasteiger partial charge in [0, 0.05) is 23.5 Å². The standard InChI is InChI=1S/C23H32N2O/c1-4-5-12-25-21-9-7-6-8-19(21)15(2)22(25)23(26)24-16(3)20-14-17-10-11-18(20)13-17/h6-9,16-18,20H,4-5,10-14H2,1-3H3,(H,24,26). The zero-order valence-electron chi connectivity index (χ0n) is 16.4. The number of unbranched alkanes of at least 4 members (excludes halogenated alkanes) is 1. The lowest BCUT2D eigenvalue weighted by Gasteiger charge is -2.28. The number of amides is 1. The van der Waals surface area contributed by atoms with E-state index >= 15 is 0 Å². The van der Waals surface area contributed by atoms with Crippen LogP contribution in [0.5, 0.6) is 0 Å². The summed E-state index contributed by atoms with van der Waals surface area (Å²) in [6.07, 6.45) is 7.70. The lowest BCUT2D eigenvalue weighted by molar-refractivity contribution is 0.0905. The molecule has 0 radical (unpaired) electrons. The van der Waals surface area contributed by atoms with E-state index in [2.05, 4.69) is 54.9 Å². The van der Waals surface area contributed by atoms with E-state index in [4.69, 9.17) is 0 Å². The van der Waals surface area contributed by atoms with E-state index in [0.29, 0.717) is 5.92 Å². The fourth-order valence-electron chi connectivity index (χ4n) is 5.61. The molecule has 3 heteroatoms. The Labute approximate surface area is 157 Å². The molecule has 0 spiro atoms. The van der Waals surface area contributed by atoms with Gasteiger partial charge in [-0.25, -0.2) is 0 Å². The van der Waals surface area contributed by atoms with E-state index in [0.717, 1.165) is 42.5 Å². The van der Waals surface area contributed by atoms with Crippen LogP contribution in [-0.2, 0) is 6.54 Å². The fourth-order valence-corrected chi connectivity index (χ4v) is 5.61. The number of carbonyl (C=O) groups is 1. The van der Waals surface area contributed by atoms with Crippen LogP contribution in [0.15, 0.2) is 24.3 Å². The topological polar surface area (TPSA) is 34.0 Å². The number of aryl methyl sites for hydroxylation is 2. The SMILES string of the molecule is CCCCn1c(C(=O)NC(C)C2CC3CCC2C3)c(C)c2ccccc21. The zero-order valence-corrected chi connectivity index (χ0v) is 16.4. The molecule has 4 rings (SSSR count). The zero-order chi connectivity index (χ0) is 18.3. The maximum Gasteiger partial charge on any atom is 0.268 e. The molecule has 26 heavy (non-hydrogen) atoms. The van der Waals surface area contributed by atoms with Crippen LogP contribution < -0.4 is 5.32 Å². The van der Waals surface area contributed by atoms with E-state index in [1.165, 1.54) is 36.6 Å². The van der Waals surface area contributed by atoms with Crippen molar-refractivity contribution in [3.63, 3.8) is 0 Å². The number of aromatic nitrogens is 1. The number of nitrogens with zero attached hydrogens (tertiary/aromatic N) is 1. The first-order valence-electron chi connectivity index (χ1n) is 10.5. The van der Waals surface area contributed by atoms with Crippen molar-refractivity contribution in [2.24, 2.45) is 17.8 Å². The van der Waals surface area contributed by atoms with Crippen LogP contribution in [0, 0.1) is 24.7 Å². The molecule has 2 bridgehead atoms. The molecule has 3 nitrogen and oxygen atoms in total. The monoisotopic (exact) mass is 352 g/mol. The number of para-hydroxylation sites is 1. The Balaban J connectivity index is 1.60. The molecule has 0 saturated heterocycles. The van der Waals surface area contributed by atoms with Gasteiger partial charge in [-0.05, 0) is 68.9 Å². The molecule has 2 saturated carbocycles. The summed E-state index contributed by atoms with van der Waals surface area (Å²) in [5.41, 5.74) is 3.18. The first kappa shape index (κ1) is 17.6. The van der Waals surface area contributed by atoms with Crippen molar-refractivity contribution in [1.82, 2.24) is 9.88 Å². The molecule has 4 atom stereocenters. The summed E-state index contributed by atoms with van der Waals surface area (Å²) < 4.78 is 2.25.